The topological polar surface area (TPSA) is 63.8 Å². The smallest absolute Gasteiger partial charge is 0.123 e. The Morgan fingerprint density at radius 1 is 1.40 bits per heavy atom. The van der Waals surface area contributed by atoms with Crippen molar-refractivity contribution in [1.82, 2.24) is 15.0 Å². The molecule has 0 radical (unpaired) electrons. The van der Waals surface area contributed by atoms with Crippen LogP contribution in [0.2, 0.25) is 5.02 Å². The minimum Gasteiger partial charge on any atom is -0.271 e. The fourth-order valence-electron chi connectivity index (χ4n) is 1.95. The Bertz CT molecular complexity index is 609. The SMILES string of the molecule is CC(C)(C)c1nnsc1C(NN)c1cc(F)ccc1Cl. The zero-order valence-electron chi connectivity index (χ0n) is 11.4. The average Bonchev–Trinajstić information content (AvgIpc) is 2.83. The molecule has 3 N–H and O–H groups in total. The van der Waals surface area contributed by atoms with Gasteiger partial charge in [-0.05, 0) is 35.3 Å². The van der Waals surface area contributed by atoms with E-state index in [0.717, 1.165) is 10.6 Å². The Morgan fingerprint density at radius 2 is 2.10 bits per heavy atom. The number of aromatic nitrogens is 2. The number of rotatable bonds is 3. The summed E-state index contributed by atoms with van der Waals surface area (Å²) in [6, 6.07) is 3.77. The molecule has 0 fully saturated rings. The normalized spacial score (nSPS) is 13.5. The Hall–Kier alpha value is -1.08. The first-order valence-corrected chi connectivity index (χ1v) is 7.23. The Morgan fingerprint density at radius 3 is 2.70 bits per heavy atom. The first-order valence-electron chi connectivity index (χ1n) is 6.08. The fraction of sp³-hybridized carbons (Fsp3) is 0.385. The van der Waals surface area contributed by atoms with E-state index in [9.17, 15) is 4.39 Å². The summed E-state index contributed by atoms with van der Waals surface area (Å²) in [4.78, 5) is 0.840. The van der Waals surface area contributed by atoms with Crippen LogP contribution in [0.5, 0.6) is 0 Å². The Labute approximate surface area is 126 Å². The summed E-state index contributed by atoms with van der Waals surface area (Å²) in [5.41, 5.74) is 3.90. The monoisotopic (exact) mass is 314 g/mol. The van der Waals surface area contributed by atoms with Gasteiger partial charge in [0.2, 0.25) is 0 Å². The third-order valence-electron chi connectivity index (χ3n) is 2.92. The van der Waals surface area contributed by atoms with Gasteiger partial charge >= 0.3 is 0 Å². The van der Waals surface area contributed by atoms with Crippen LogP contribution < -0.4 is 11.3 Å². The summed E-state index contributed by atoms with van der Waals surface area (Å²) in [5, 5.41) is 4.62. The van der Waals surface area contributed by atoms with Crippen molar-refractivity contribution < 1.29 is 4.39 Å². The Kier molecular flexibility index (Phi) is 4.39. The van der Waals surface area contributed by atoms with Gasteiger partial charge in [-0.25, -0.2) is 9.82 Å². The second kappa shape index (κ2) is 5.73. The number of hydrogen-bond donors (Lipinski definition) is 2. The van der Waals surface area contributed by atoms with E-state index in [-0.39, 0.29) is 11.2 Å². The van der Waals surface area contributed by atoms with Gasteiger partial charge in [-0.3, -0.25) is 5.84 Å². The molecular formula is C13H16ClFN4S. The van der Waals surface area contributed by atoms with E-state index in [1.165, 1.54) is 29.7 Å². The second-order valence-electron chi connectivity index (χ2n) is 5.50. The predicted molar refractivity (Wildman–Crippen MR) is 79.2 cm³/mol. The van der Waals surface area contributed by atoms with Crippen LogP contribution in [0.15, 0.2) is 18.2 Å². The summed E-state index contributed by atoms with van der Waals surface area (Å²) >= 11 is 7.39. The molecular weight excluding hydrogens is 299 g/mol. The highest BCUT2D eigenvalue weighted by Gasteiger charge is 2.28. The number of nitrogens with two attached hydrogens (primary N) is 1. The lowest BCUT2D eigenvalue weighted by Crippen LogP contribution is -2.30. The molecule has 2 aromatic rings. The van der Waals surface area contributed by atoms with Gasteiger partial charge in [0.1, 0.15) is 5.82 Å². The maximum atomic E-state index is 13.5. The molecule has 1 atom stereocenters. The number of hydrogen-bond acceptors (Lipinski definition) is 5. The molecule has 0 aliphatic rings. The van der Waals surface area contributed by atoms with E-state index in [1.807, 2.05) is 20.8 Å². The highest BCUT2D eigenvalue weighted by molar-refractivity contribution is 7.05. The first-order chi connectivity index (χ1) is 9.34. The number of hydrazine groups is 1. The third-order valence-corrected chi connectivity index (χ3v) is 4.05. The maximum absolute atomic E-state index is 13.5. The molecule has 0 bridgehead atoms. The van der Waals surface area contributed by atoms with E-state index in [2.05, 4.69) is 15.0 Å². The largest absolute Gasteiger partial charge is 0.271 e. The van der Waals surface area contributed by atoms with Crippen LogP contribution in [0.3, 0.4) is 0 Å². The standard InChI is InChI=1S/C13H16ClFN4S/c1-13(2,3)12-11(20-19-18-12)10(17-16)8-6-7(15)4-5-9(8)14/h4-6,10,17H,16H2,1-3H3. The van der Waals surface area contributed by atoms with Gasteiger partial charge in [-0.15, -0.1) is 5.10 Å². The minimum absolute atomic E-state index is 0.183. The third kappa shape index (κ3) is 2.98. The van der Waals surface area contributed by atoms with Gasteiger partial charge in [0, 0.05) is 10.4 Å². The van der Waals surface area contributed by atoms with Gasteiger partial charge in [0.25, 0.3) is 0 Å². The van der Waals surface area contributed by atoms with Crippen LogP contribution in [0.4, 0.5) is 4.39 Å². The van der Waals surface area contributed by atoms with Gasteiger partial charge in [-0.2, -0.15) is 0 Å². The fourth-order valence-corrected chi connectivity index (χ4v) is 3.12. The molecule has 108 valence electrons. The van der Waals surface area contributed by atoms with Crippen molar-refractivity contribution in [2.75, 3.05) is 0 Å². The van der Waals surface area contributed by atoms with Crippen molar-refractivity contribution in [2.24, 2.45) is 5.84 Å². The van der Waals surface area contributed by atoms with Crippen molar-refractivity contribution in [3.05, 3.63) is 45.2 Å². The van der Waals surface area contributed by atoms with Gasteiger partial charge in [0.15, 0.2) is 0 Å². The molecule has 1 aromatic heterocycles. The van der Waals surface area contributed by atoms with Crippen LogP contribution in [-0.4, -0.2) is 9.59 Å². The van der Waals surface area contributed by atoms with Gasteiger partial charge < -0.3 is 0 Å². The quantitative estimate of drug-likeness (QED) is 0.674. The van der Waals surface area contributed by atoms with E-state index >= 15 is 0 Å². The van der Waals surface area contributed by atoms with Crippen LogP contribution in [-0.2, 0) is 5.41 Å². The molecule has 0 saturated carbocycles. The minimum atomic E-state index is -0.438. The molecule has 0 aliphatic carbocycles. The van der Waals surface area contributed by atoms with E-state index in [4.69, 9.17) is 17.4 Å². The van der Waals surface area contributed by atoms with E-state index in [0.29, 0.717) is 10.6 Å². The highest BCUT2D eigenvalue weighted by atomic mass is 35.5. The zero-order chi connectivity index (χ0) is 14.9. The van der Waals surface area contributed by atoms with E-state index in [1.54, 1.807) is 0 Å². The van der Waals surface area contributed by atoms with Gasteiger partial charge in [0.05, 0.1) is 16.6 Å². The Balaban J connectivity index is 2.54. The number of halogens is 2. The summed E-state index contributed by atoms with van der Waals surface area (Å²) in [6.45, 7) is 6.11. The first kappa shape index (κ1) is 15.3. The molecule has 20 heavy (non-hydrogen) atoms. The van der Waals surface area contributed by atoms with Crippen molar-refractivity contribution in [1.29, 1.82) is 0 Å². The second-order valence-corrected chi connectivity index (χ2v) is 6.69. The van der Waals surface area contributed by atoms with Crippen molar-refractivity contribution in [3.63, 3.8) is 0 Å². The average molecular weight is 315 g/mol. The van der Waals surface area contributed by atoms with E-state index < -0.39 is 6.04 Å². The molecule has 0 spiro atoms. The summed E-state index contributed by atoms with van der Waals surface area (Å²) in [7, 11) is 0. The molecule has 7 heteroatoms. The number of nitrogens with one attached hydrogen (secondary N) is 1. The maximum Gasteiger partial charge on any atom is 0.123 e. The van der Waals surface area contributed by atoms with Gasteiger partial charge in [-0.1, -0.05) is 36.9 Å². The molecule has 0 amide bonds. The molecule has 1 unspecified atom stereocenters. The van der Waals surface area contributed by atoms with Crippen molar-refractivity contribution >= 4 is 23.1 Å². The van der Waals surface area contributed by atoms with Crippen molar-refractivity contribution in [3.8, 4) is 0 Å². The summed E-state index contributed by atoms with van der Waals surface area (Å²) in [5.74, 6) is 5.29. The molecule has 0 aliphatic heterocycles. The van der Waals surface area contributed by atoms with Crippen LogP contribution in [0.25, 0.3) is 0 Å². The molecule has 1 heterocycles. The predicted octanol–water partition coefficient (Wildman–Crippen LogP) is 3.18. The molecule has 0 saturated heterocycles. The highest BCUT2D eigenvalue weighted by Crippen LogP contribution is 2.35. The van der Waals surface area contributed by atoms with Crippen LogP contribution in [0, 0.1) is 5.82 Å². The lowest BCUT2D eigenvalue weighted by molar-refractivity contribution is 0.542. The number of nitrogens with zero attached hydrogens (tertiary/aromatic N) is 2. The molecule has 2 rings (SSSR count). The zero-order valence-corrected chi connectivity index (χ0v) is 13.0. The lowest BCUT2D eigenvalue weighted by Gasteiger charge is -2.22. The molecule has 4 nitrogen and oxygen atoms in total. The number of benzene rings is 1. The molecule has 1 aromatic carbocycles. The van der Waals surface area contributed by atoms with Crippen LogP contribution in [0.1, 0.15) is 42.9 Å². The lowest BCUT2D eigenvalue weighted by atomic mass is 9.89. The van der Waals surface area contributed by atoms with Crippen LogP contribution >= 0.6 is 23.1 Å². The van der Waals surface area contributed by atoms with Crippen molar-refractivity contribution in [2.45, 2.75) is 32.2 Å². The summed E-state index contributed by atoms with van der Waals surface area (Å²) in [6.07, 6.45) is 0. The summed E-state index contributed by atoms with van der Waals surface area (Å²) < 4.78 is 17.5.